The Balaban J connectivity index is 1.73. The molecule has 1 heterocycles. The highest BCUT2D eigenvalue weighted by Gasteiger charge is 2.51. The monoisotopic (exact) mass is 485 g/mol. The van der Waals surface area contributed by atoms with Gasteiger partial charge in [-0.3, -0.25) is 14.5 Å². The van der Waals surface area contributed by atoms with E-state index in [-0.39, 0.29) is 29.9 Å². The van der Waals surface area contributed by atoms with Gasteiger partial charge in [-0.25, -0.2) is 8.42 Å². The maximum atomic E-state index is 13.7. The Kier molecular flexibility index (Phi) is 6.95. The summed E-state index contributed by atoms with van der Waals surface area (Å²) in [5.41, 5.74) is -0.955. The fraction of sp³-hybridized carbons (Fsp3) is 0.440. The van der Waals surface area contributed by atoms with Crippen LogP contribution in [-0.4, -0.2) is 56.3 Å². The number of piperazine rings is 1. The van der Waals surface area contributed by atoms with Crippen LogP contribution in [0.15, 0.2) is 59.5 Å². The summed E-state index contributed by atoms with van der Waals surface area (Å²) in [5.74, 6) is -0.288. The van der Waals surface area contributed by atoms with Gasteiger partial charge in [0.1, 0.15) is 11.3 Å². The van der Waals surface area contributed by atoms with Gasteiger partial charge in [0.25, 0.3) is 0 Å². The number of nitrogens with one attached hydrogen (secondary N) is 1. The molecule has 2 fully saturated rings. The van der Waals surface area contributed by atoms with Crippen LogP contribution in [0.1, 0.15) is 39.0 Å². The van der Waals surface area contributed by atoms with Crippen molar-refractivity contribution in [3.63, 3.8) is 0 Å². The molecule has 1 N–H and O–H groups in total. The number of sulfonamides is 1. The second-order valence-electron chi connectivity index (χ2n) is 9.10. The number of nitrogens with zero attached hydrogens (tertiary/aromatic N) is 2. The van der Waals surface area contributed by atoms with Crippen LogP contribution in [0.4, 0.5) is 5.69 Å². The summed E-state index contributed by atoms with van der Waals surface area (Å²) in [7, 11) is -2.44. The fourth-order valence-electron chi connectivity index (χ4n) is 4.82. The largest absolute Gasteiger partial charge is 0.497 e. The lowest BCUT2D eigenvalue weighted by Crippen LogP contribution is -2.70. The van der Waals surface area contributed by atoms with Crippen LogP contribution in [0.2, 0.25) is 0 Å². The number of methoxy groups -OCH3 is 1. The first-order valence-electron chi connectivity index (χ1n) is 11.6. The first-order valence-corrected chi connectivity index (χ1v) is 13.0. The van der Waals surface area contributed by atoms with Crippen LogP contribution in [0.3, 0.4) is 0 Å². The predicted octanol–water partition coefficient (Wildman–Crippen LogP) is 2.94. The molecule has 2 aromatic carbocycles. The number of benzene rings is 2. The Bertz CT molecular complexity index is 1150. The van der Waals surface area contributed by atoms with Crippen molar-refractivity contribution in [2.24, 2.45) is 0 Å². The van der Waals surface area contributed by atoms with Crippen molar-refractivity contribution in [3.8, 4) is 5.75 Å². The van der Waals surface area contributed by atoms with Gasteiger partial charge in [-0.1, -0.05) is 43.5 Å². The Morgan fingerprint density at radius 2 is 1.76 bits per heavy atom. The molecule has 0 bridgehead atoms. The van der Waals surface area contributed by atoms with Crippen LogP contribution in [0.25, 0.3) is 0 Å². The van der Waals surface area contributed by atoms with Crippen LogP contribution in [0.5, 0.6) is 5.75 Å². The number of amides is 2. The van der Waals surface area contributed by atoms with E-state index in [2.05, 4.69) is 5.32 Å². The van der Waals surface area contributed by atoms with Crippen LogP contribution >= 0.6 is 0 Å². The zero-order valence-corrected chi connectivity index (χ0v) is 20.4. The highest BCUT2D eigenvalue weighted by atomic mass is 32.2. The van der Waals surface area contributed by atoms with E-state index in [1.807, 2.05) is 0 Å². The second kappa shape index (κ2) is 9.76. The van der Waals surface area contributed by atoms with E-state index in [1.165, 1.54) is 24.1 Å². The number of hydrogen-bond acceptors (Lipinski definition) is 5. The molecule has 1 aliphatic heterocycles. The number of anilines is 1. The number of ether oxygens (including phenoxy) is 1. The molecule has 2 aliphatic rings. The van der Waals surface area contributed by atoms with Crippen LogP contribution < -0.4 is 15.0 Å². The number of rotatable bonds is 6. The third-order valence-corrected chi connectivity index (χ3v) is 8.47. The Morgan fingerprint density at radius 1 is 1.06 bits per heavy atom. The molecule has 0 unspecified atom stereocenters. The zero-order valence-electron chi connectivity index (χ0n) is 19.6. The lowest BCUT2D eigenvalue weighted by atomic mass is 9.91. The maximum Gasteiger partial charge on any atom is 0.247 e. The molecule has 8 nitrogen and oxygen atoms in total. The van der Waals surface area contributed by atoms with Gasteiger partial charge in [0.05, 0.1) is 18.6 Å². The molecular formula is C25H31N3O5S. The van der Waals surface area contributed by atoms with Crippen molar-refractivity contribution in [1.82, 2.24) is 9.62 Å². The summed E-state index contributed by atoms with van der Waals surface area (Å²) in [6.45, 7) is 1.11. The average molecular weight is 486 g/mol. The van der Waals surface area contributed by atoms with Gasteiger partial charge < -0.3 is 10.1 Å². The van der Waals surface area contributed by atoms with E-state index >= 15 is 0 Å². The fourth-order valence-corrected chi connectivity index (χ4v) is 6.32. The SMILES string of the molecule is COc1cccc(N2C(=O)CN(S(=O)(=O)c3ccccc3)C[C@]2(C)C(=O)NC2CCCCC2)c1. The zero-order chi connectivity index (χ0) is 24.3. The molecule has 2 aromatic rings. The quantitative estimate of drug-likeness (QED) is 0.679. The first kappa shape index (κ1) is 24.2. The molecule has 1 aliphatic carbocycles. The molecule has 4 rings (SSSR count). The Hall–Kier alpha value is -2.91. The normalized spacial score (nSPS) is 22.4. The lowest BCUT2D eigenvalue weighted by Gasteiger charge is -2.47. The van der Waals surface area contributed by atoms with Gasteiger partial charge >= 0.3 is 0 Å². The molecule has 34 heavy (non-hydrogen) atoms. The van der Waals surface area contributed by atoms with Crippen molar-refractivity contribution < 1.29 is 22.7 Å². The molecule has 9 heteroatoms. The standard InChI is InChI=1S/C25H31N3O5S/c1-25(24(30)26-19-10-5-3-6-11-19)18-27(34(31,32)22-14-7-4-8-15-22)17-23(29)28(25)20-12-9-13-21(16-20)33-2/h4,7-9,12-16,19H,3,5-6,10-11,17-18H2,1-2H3,(H,26,30)/t25-/m1/s1. The third-order valence-electron chi connectivity index (χ3n) is 6.66. The predicted molar refractivity (Wildman–Crippen MR) is 129 cm³/mol. The average Bonchev–Trinajstić information content (AvgIpc) is 2.85. The Labute approximate surface area is 200 Å². The van der Waals surface area contributed by atoms with Gasteiger partial charge in [0, 0.05) is 24.3 Å². The van der Waals surface area contributed by atoms with Gasteiger partial charge in [-0.2, -0.15) is 4.31 Å². The van der Waals surface area contributed by atoms with Gasteiger partial charge in [-0.05, 0) is 44.0 Å². The van der Waals surface area contributed by atoms with Crippen molar-refractivity contribution in [3.05, 3.63) is 54.6 Å². The summed E-state index contributed by atoms with van der Waals surface area (Å²) in [4.78, 5) is 28.7. The summed E-state index contributed by atoms with van der Waals surface area (Å²) in [5, 5.41) is 3.10. The van der Waals surface area contributed by atoms with Crippen LogP contribution in [-0.2, 0) is 19.6 Å². The molecule has 0 aromatic heterocycles. The molecular weight excluding hydrogens is 454 g/mol. The topological polar surface area (TPSA) is 96.0 Å². The summed E-state index contributed by atoms with van der Waals surface area (Å²) >= 11 is 0. The summed E-state index contributed by atoms with van der Waals surface area (Å²) in [6, 6.07) is 14.9. The van der Waals surface area contributed by atoms with Gasteiger partial charge in [0.15, 0.2) is 0 Å². The van der Waals surface area contributed by atoms with Gasteiger partial charge in [0.2, 0.25) is 21.8 Å². The number of carbonyl (C=O) groups excluding carboxylic acids is 2. The summed E-state index contributed by atoms with van der Waals surface area (Å²) in [6.07, 6.45) is 4.96. The molecule has 182 valence electrons. The Morgan fingerprint density at radius 3 is 2.44 bits per heavy atom. The summed E-state index contributed by atoms with van der Waals surface area (Å²) < 4.78 is 33.2. The maximum absolute atomic E-state index is 13.7. The number of hydrogen-bond donors (Lipinski definition) is 1. The highest BCUT2D eigenvalue weighted by molar-refractivity contribution is 7.89. The van der Waals surface area contributed by atoms with E-state index in [9.17, 15) is 18.0 Å². The van der Waals surface area contributed by atoms with E-state index in [1.54, 1.807) is 49.4 Å². The molecule has 0 radical (unpaired) electrons. The molecule has 1 atom stereocenters. The van der Waals surface area contributed by atoms with E-state index in [4.69, 9.17) is 4.74 Å². The molecule has 0 spiro atoms. The van der Waals surface area contributed by atoms with Crippen LogP contribution in [0, 0.1) is 0 Å². The molecule has 2 amide bonds. The molecule has 1 saturated carbocycles. The van der Waals surface area contributed by atoms with Crippen molar-refractivity contribution in [2.75, 3.05) is 25.1 Å². The first-order chi connectivity index (χ1) is 16.3. The minimum absolute atomic E-state index is 0.0152. The van der Waals surface area contributed by atoms with E-state index < -0.39 is 21.5 Å². The minimum atomic E-state index is -3.97. The third kappa shape index (κ3) is 4.67. The van der Waals surface area contributed by atoms with Crippen molar-refractivity contribution in [1.29, 1.82) is 0 Å². The van der Waals surface area contributed by atoms with E-state index in [0.717, 1.165) is 36.4 Å². The number of carbonyl (C=O) groups is 2. The van der Waals surface area contributed by atoms with Gasteiger partial charge in [-0.15, -0.1) is 0 Å². The minimum Gasteiger partial charge on any atom is -0.497 e. The second-order valence-corrected chi connectivity index (χ2v) is 11.0. The lowest BCUT2D eigenvalue weighted by molar-refractivity contribution is -0.133. The van der Waals surface area contributed by atoms with Crippen molar-refractivity contribution in [2.45, 2.75) is 55.5 Å². The molecule has 1 saturated heterocycles. The van der Waals surface area contributed by atoms with E-state index in [0.29, 0.717) is 11.4 Å². The van der Waals surface area contributed by atoms with Crippen molar-refractivity contribution >= 4 is 27.5 Å². The highest BCUT2D eigenvalue weighted by Crippen LogP contribution is 2.34. The smallest absolute Gasteiger partial charge is 0.247 e.